The lowest BCUT2D eigenvalue weighted by molar-refractivity contribution is -0.134. The average molecular weight is 292 g/mol. The second-order valence-electron chi connectivity index (χ2n) is 5.27. The Morgan fingerprint density at radius 3 is 1.90 bits per heavy atom. The normalized spacial score (nSPS) is 11.9. The maximum absolute atomic E-state index is 10.8. The molecule has 0 heterocycles. The van der Waals surface area contributed by atoms with E-state index in [0.29, 0.717) is 0 Å². The van der Waals surface area contributed by atoms with Crippen molar-refractivity contribution in [2.45, 2.75) is 71.1 Å². The van der Waals surface area contributed by atoms with Crippen LogP contribution in [0.15, 0.2) is 36.5 Å². The van der Waals surface area contributed by atoms with Gasteiger partial charge in [0, 0.05) is 6.08 Å². The van der Waals surface area contributed by atoms with Gasteiger partial charge in [0.25, 0.3) is 0 Å². The van der Waals surface area contributed by atoms with Crippen molar-refractivity contribution in [1.82, 2.24) is 0 Å². The van der Waals surface area contributed by atoms with Crippen LogP contribution in [0.1, 0.15) is 71.1 Å². The Labute approximate surface area is 131 Å². The van der Waals surface area contributed by atoms with Crippen molar-refractivity contribution < 1.29 is 9.53 Å². The Kier molecular flexibility index (Phi) is 15.7. The van der Waals surface area contributed by atoms with Gasteiger partial charge < -0.3 is 4.74 Å². The molecule has 0 saturated carbocycles. The van der Waals surface area contributed by atoms with Crippen LogP contribution < -0.4 is 0 Å². The maximum Gasteiger partial charge on any atom is 0.330 e. The summed E-state index contributed by atoms with van der Waals surface area (Å²) in [6.07, 6.45) is 24.4. The first-order valence-corrected chi connectivity index (χ1v) is 8.37. The lowest BCUT2D eigenvalue weighted by Gasteiger charge is -1.98. The molecule has 0 aliphatic heterocycles. The van der Waals surface area contributed by atoms with E-state index in [2.05, 4.69) is 36.0 Å². The molecule has 0 spiro atoms. The third kappa shape index (κ3) is 16.6. The number of carbonyl (C=O) groups excluding carboxylic acids is 1. The summed E-state index contributed by atoms with van der Waals surface area (Å²) < 4.78 is 4.53. The SMILES string of the molecule is CCCCC=CC=CCCCCCCCC=CC(=O)OC. The molecular formula is C19H32O2. The summed E-state index contributed by atoms with van der Waals surface area (Å²) in [5, 5.41) is 0. The Bertz CT molecular complexity index is 314. The number of unbranched alkanes of at least 4 members (excludes halogenated alkanes) is 8. The van der Waals surface area contributed by atoms with Crippen molar-refractivity contribution in [3.05, 3.63) is 36.5 Å². The van der Waals surface area contributed by atoms with Crippen LogP contribution >= 0.6 is 0 Å². The van der Waals surface area contributed by atoms with Gasteiger partial charge in [0.15, 0.2) is 0 Å². The van der Waals surface area contributed by atoms with E-state index >= 15 is 0 Å². The zero-order valence-corrected chi connectivity index (χ0v) is 13.9. The van der Waals surface area contributed by atoms with Crippen LogP contribution in [-0.2, 0) is 9.53 Å². The molecule has 0 aromatic heterocycles. The number of allylic oxidation sites excluding steroid dienone is 5. The monoisotopic (exact) mass is 292 g/mol. The minimum Gasteiger partial charge on any atom is -0.466 e. The molecule has 0 aliphatic carbocycles. The lowest BCUT2D eigenvalue weighted by atomic mass is 10.1. The molecular weight excluding hydrogens is 260 g/mol. The van der Waals surface area contributed by atoms with Crippen LogP contribution in [0.2, 0.25) is 0 Å². The predicted molar refractivity (Wildman–Crippen MR) is 91.3 cm³/mol. The molecule has 0 fully saturated rings. The Morgan fingerprint density at radius 2 is 1.33 bits per heavy atom. The third-order valence-electron chi connectivity index (χ3n) is 3.30. The first-order chi connectivity index (χ1) is 10.3. The highest BCUT2D eigenvalue weighted by Crippen LogP contribution is 2.08. The fraction of sp³-hybridized carbons (Fsp3) is 0.632. The molecule has 0 aromatic rings. The van der Waals surface area contributed by atoms with Crippen molar-refractivity contribution >= 4 is 5.97 Å². The summed E-state index contributed by atoms with van der Waals surface area (Å²) in [4.78, 5) is 10.8. The second kappa shape index (κ2) is 16.7. The first-order valence-electron chi connectivity index (χ1n) is 8.37. The molecule has 2 nitrogen and oxygen atoms in total. The van der Waals surface area contributed by atoms with Crippen LogP contribution in [0.4, 0.5) is 0 Å². The van der Waals surface area contributed by atoms with E-state index in [-0.39, 0.29) is 5.97 Å². The fourth-order valence-corrected chi connectivity index (χ4v) is 1.97. The van der Waals surface area contributed by atoms with Crippen LogP contribution in [0.3, 0.4) is 0 Å². The molecule has 0 aliphatic rings. The Morgan fingerprint density at radius 1 is 0.810 bits per heavy atom. The highest BCUT2D eigenvalue weighted by Gasteiger charge is 1.91. The number of esters is 1. The minimum atomic E-state index is -0.259. The van der Waals surface area contributed by atoms with Gasteiger partial charge in [-0.15, -0.1) is 0 Å². The highest BCUT2D eigenvalue weighted by molar-refractivity contribution is 5.81. The van der Waals surface area contributed by atoms with E-state index in [1.807, 2.05) is 6.08 Å². The van der Waals surface area contributed by atoms with Crippen molar-refractivity contribution in [3.63, 3.8) is 0 Å². The molecule has 21 heavy (non-hydrogen) atoms. The number of hydrogen-bond donors (Lipinski definition) is 0. The standard InChI is InChI=1S/C19H32O2/c1-3-4-5-6-7-8-9-10-11-12-13-14-15-16-17-18-19(20)21-2/h6-9,17-18H,3-5,10-16H2,1-2H3. The molecule has 0 saturated heterocycles. The number of methoxy groups -OCH3 is 1. The smallest absolute Gasteiger partial charge is 0.330 e. The van der Waals surface area contributed by atoms with E-state index in [1.54, 1.807) is 0 Å². The Hall–Kier alpha value is -1.31. The van der Waals surface area contributed by atoms with Crippen molar-refractivity contribution in [1.29, 1.82) is 0 Å². The van der Waals surface area contributed by atoms with Gasteiger partial charge in [0.1, 0.15) is 0 Å². The summed E-state index contributed by atoms with van der Waals surface area (Å²) in [5.74, 6) is -0.259. The molecule has 0 amide bonds. The van der Waals surface area contributed by atoms with Gasteiger partial charge in [-0.3, -0.25) is 0 Å². The predicted octanol–water partition coefficient (Wildman–Crippen LogP) is 5.75. The number of carbonyl (C=O) groups is 1. The van der Waals surface area contributed by atoms with Gasteiger partial charge in [0.2, 0.25) is 0 Å². The molecule has 2 heteroatoms. The maximum atomic E-state index is 10.8. The summed E-state index contributed by atoms with van der Waals surface area (Å²) in [7, 11) is 1.40. The van der Waals surface area contributed by atoms with E-state index in [0.717, 1.165) is 12.8 Å². The zero-order chi connectivity index (χ0) is 15.6. The number of ether oxygens (including phenoxy) is 1. The molecule has 0 aromatic carbocycles. The topological polar surface area (TPSA) is 26.3 Å². The molecule has 0 rings (SSSR count). The minimum absolute atomic E-state index is 0.259. The average Bonchev–Trinajstić information content (AvgIpc) is 2.50. The zero-order valence-electron chi connectivity index (χ0n) is 13.9. The summed E-state index contributed by atoms with van der Waals surface area (Å²) in [6, 6.07) is 0. The van der Waals surface area contributed by atoms with Crippen molar-refractivity contribution in [2.75, 3.05) is 7.11 Å². The van der Waals surface area contributed by atoms with Gasteiger partial charge in [-0.2, -0.15) is 0 Å². The van der Waals surface area contributed by atoms with Crippen LogP contribution in [0, 0.1) is 0 Å². The number of rotatable bonds is 13. The van der Waals surface area contributed by atoms with Gasteiger partial charge in [-0.25, -0.2) is 4.79 Å². The summed E-state index contributed by atoms with van der Waals surface area (Å²) in [6.45, 7) is 2.22. The summed E-state index contributed by atoms with van der Waals surface area (Å²) >= 11 is 0. The van der Waals surface area contributed by atoms with E-state index < -0.39 is 0 Å². The molecule has 0 atom stereocenters. The van der Waals surface area contributed by atoms with Crippen LogP contribution in [-0.4, -0.2) is 13.1 Å². The van der Waals surface area contributed by atoms with Crippen molar-refractivity contribution in [2.24, 2.45) is 0 Å². The second-order valence-corrected chi connectivity index (χ2v) is 5.27. The molecule has 0 N–H and O–H groups in total. The molecule has 0 radical (unpaired) electrons. The van der Waals surface area contributed by atoms with Gasteiger partial charge in [-0.05, 0) is 32.1 Å². The molecule has 120 valence electrons. The van der Waals surface area contributed by atoms with E-state index in [1.165, 1.54) is 64.6 Å². The van der Waals surface area contributed by atoms with Gasteiger partial charge >= 0.3 is 5.97 Å². The lowest BCUT2D eigenvalue weighted by Crippen LogP contribution is -1.93. The number of hydrogen-bond acceptors (Lipinski definition) is 2. The summed E-state index contributed by atoms with van der Waals surface area (Å²) in [5.41, 5.74) is 0. The van der Waals surface area contributed by atoms with E-state index in [4.69, 9.17) is 0 Å². The fourth-order valence-electron chi connectivity index (χ4n) is 1.97. The molecule has 0 unspecified atom stereocenters. The van der Waals surface area contributed by atoms with Gasteiger partial charge in [0.05, 0.1) is 7.11 Å². The van der Waals surface area contributed by atoms with Crippen LogP contribution in [0.5, 0.6) is 0 Å². The first kappa shape index (κ1) is 19.7. The quantitative estimate of drug-likeness (QED) is 0.187. The van der Waals surface area contributed by atoms with Gasteiger partial charge in [-0.1, -0.05) is 69.4 Å². The van der Waals surface area contributed by atoms with Crippen molar-refractivity contribution in [3.8, 4) is 0 Å². The van der Waals surface area contributed by atoms with E-state index in [9.17, 15) is 4.79 Å². The molecule has 0 bridgehead atoms. The third-order valence-corrected chi connectivity index (χ3v) is 3.30. The largest absolute Gasteiger partial charge is 0.466 e. The van der Waals surface area contributed by atoms with Crippen LogP contribution in [0.25, 0.3) is 0 Å². The highest BCUT2D eigenvalue weighted by atomic mass is 16.5. The Balaban J connectivity index is 3.25.